The van der Waals surface area contributed by atoms with Crippen LogP contribution < -0.4 is 16.4 Å². The molecule has 2 heterocycles. The van der Waals surface area contributed by atoms with Crippen molar-refractivity contribution in [3.8, 4) is 0 Å². The lowest BCUT2D eigenvalue weighted by Gasteiger charge is -2.40. The van der Waals surface area contributed by atoms with E-state index in [9.17, 15) is 4.79 Å². The van der Waals surface area contributed by atoms with Crippen LogP contribution in [-0.2, 0) is 21.6 Å². The largest absolute Gasteiger partial charge is 0.396 e. The quantitative estimate of drug-likeness (QED) is 0.189. The molecule has 44 heavy (non-hydrogen) atoms. The Morgan fingerprint density at radius 2 is 1.91 bits per heavy atom. The number of nitrogens with two attached hydrogens (primary N) is 1. The van der Waals surface area contributed by atoms with E-state index >= 15 is 8.78 Å². The predicted octanol–water partition coefficient (Wildman–Crippen LogP) is 6.00. The summed E-state index contributed by atoms with van der Waals surface area (Å²) in [6.45, 7) is 10.7. The summed E-state index contributed by atoms with van der Waals surface area (Å²) in [4.78, 5) is 14.0. The Morgan fingerprint density at radius 3 is 2.57 bits per heavy atom. The molecule has 3 aromatic rings. The molecule has 2 aromatic carbocycles. The molecule has 0 radical (unpaired) electrons. The number of rotatable bonds is 11. The second kappa shape index (κ2) is 13.4. The van der Waals surface area contributed by atoms with E-state index < -0.39 is 46.7 Å². The number of anilines is 1. The molecule has 0 aliphatic carbocycles. The first-order chi connectivity index (χ1) is 20.6. The molecule has 0 spiro atoms. The number of halogens is 4. The second-order valence-corrected chi connectivity index (χ2v) is 14.1. The molecule has 0 unspecified atom stereocenters. The molecule has 1 aromatic heterocycles. The van der Waals surface area contributed by atoms with Gasteiger partial charge in [-0.25, -0.2) is 8.78 Å². The maximum absolute atomic E-state index is 15.8. The molecule has 8 nitrogen and oxygen atoms in total. The zero-order valence-electron chi connectivity index (χ0n) is 25.6. The van der Waals surface area contributed by atoms with E-state index in [1.54, 1.807) is 23.0 Å². The molecular formula is C32H41Cl2F2N5O3. The summed E-state index contributed by atoms with van der Waals surface area (Å²) in [6, 6.07) is 8.62. The lowest BCUT2D eigenvalue weighted by Crippen LogP contribution is -2.52. The molecule has 1 aliphatic heterocycles. The Bertz CT molecular complexity index is 1480. The second-order valence-electron chi connectivity index (χ2n) is 13.2. The van der Waals surface area contributed by atoms with E-state index in [-0.39, 0.29) is 39.0 Å². The van der Waals surface area contributed by atoms with E-state index in [4.69, 9.17) is 38.8 Å². The van der Waals surface area contributed by atoms with Crippen molar-refractivity contribution < 1.29 is 23.4 Å². The third-order valence-electron chi connectivity index (χ3n) is 7.85. The van der Waals surface area contributed by atoms with Crippen molar-refractivity contribution in [2.45, 2.75) is 83.1 Å². The van der Waals surface area contributed by atoms with Gasteiger partial charge < -0.3 is 26.2 Å². The zero-order chi connectivity index (χ0) is 32.4. The Morgan fingerprint density at radius 1 is 1.18 bits per heavy atom. The highest BCUT2D eigenvalue weighted by molar-refractivity contribution is 6.31. The van der Waals surface area contributed by atoms with Gasteiger partial charge in [-0.1, -0.05) is 62.2 Å². The van der Waals surface area contributed by atoms with Crippen molar-refractivity contribution in [1.29, 1.82) is 0 Å². The van der Waals surface area contributed by atoms with Crippen LogP contribution in [0.15, 0.2) is 48.7 Å². The number of aromatic nitrogens is 2. The highest BCUT2D eigenvalue weighted by Crippen LogP contribution is 2.50. The average molecular weight is 653 g/mol. The van der Waals surface area contributed by atoms with Gasteiger partial charge in [-0.15, -0.1) is 0 Å². The fourth-order valence-electron chi connectivity index (χ4n) is 5.97. The molecule has 0 saturated carbocycles. The number of carbonyl (C=O) groups is 1. The van der Waals surface area contributed by atoms with E-state index in [1.807, 2.05) is 34.6 Å². The summed E-state index contributed by atoms with van der Waals surface area (Å²) in [7, 11) is 0. The molecule has 4 atom stereocenters. The van der Waals surface area contributed by atoms with Gasteiger partial charge in [-0.3, -0.25) is 9.48 Å². The van der Waals surface area contributed by atoms with Gasteiger partial charge in [-0.05, 0) is 55.9 Å². The average Bonchev–Trinajstić information content (AvgIpc) is 3.46. The Kier molecular flexibility index (Phi) is 10.4. The van der Waals surface area contributed by atoms with Crippen LogP contribution in [-0.4, -0.2) is 51.7 Å². The van der Waals surface area contributed by atoms with Gasteiger partial charge in [0.1, 0.15) is 11.6 Å². The van der Waals surface area contributed by atoms with Gasteiger partial charge in [0.2, 0.25) is 5.91 Å². The van der Waals surface area contributed by atoms with Gasteiger partial charge in [0.05, 0.1) is 28.7 Å². The van der Waals surface area contributed by atoms with Crippen LogP contribution in [0.4, 0.5) is 14.6 Å². The molecule has 1 fully saturated rings. The number of hydrogen-bond acceptors (Lipinski definition) is 6. The van der Waals surface area contributed by atoms with Crippen LogP contribution in [0.1, 0.15) is 64.5 Å². The lowest BCUT2D eigenvalue weighted by molar-refractivity contribution is -0.118. The fraction of sp³-hybridized carbons (Fsp3) is 0.500. The van der Waals surface area contributed by atoms with Crippen molar-refractivity contribution in [2.24, 2.45) is 11.1 Å². The van der Waals surface area contributed by atoms with Crippen molar-refractivity contribution in [1.82, 2.24) is 15.1 Å². The summed E-state index contributed by atoms with van der Waals surface area (Å²) in [5.41, 5.74) is 4.99. The highest BCUT2D eigenvalue weighted by atomic mass is 35.5. The van der Waals surface area contributed by atoms with Gasteiger partial charge in [0.25, 0.3) is 0 Å². The zero-order valence-corrected chi connectivity index (χ0v) is 27.1. The standard InChI is InChI=1S/C32H41Cl2F2N5O3/c1-30(2,3)17-24-32(37,21-11-10-19(33)16-23(21)35)26(20-8-6-9-22(34)27(20)36)28(38-24)29(43)39-25-12-13-41(40-25)18-31(4,5)44-15-7-14-42/h6,8-13,16,24,26,28,38,42H,7,14-15,17-18,37H2,1-5H3,(H,39,40,43)/t24-,26-,28+,32+/m0/s1. The monoisotopic (exact) mass is 651 g/mol. The SMILES string of the molecule is CC(C)(C)C[C@@H]1N[C@@H](C(=O)Nc2ccn(CC(C)(C)OCCCO)n2)[C@H](c2cccc(Cl)c2F)[C@@]1(N)c1ccc(Cl)cc1F. The number of nitrogens with zero attached hydrogens (tertiary/aromatic N) is 2. The van der Waals surface area contributed by atoms with Crippen LogP contribution in [0.5, 0.6) is 0 Å². The first-order valence-corrected chi connectivity index (χ1v) is 15.3. The van der Waals surface area contributed by atoms with Crippen LogP contribution in [0.3, 0.4) is 0 Å². The third-order valence-corrected chi connectivity index (χ3v) is 8.38. The lowest BCUT2D eigenvalue weighted by atomic mass is 9.68. The Labute approximate surface area is 267 Å². The molecule has 4 rings (SSSR count). The van der Waals surface area contributed by atoms with Gasteiger partial charge >= 0.3 is 0 Å². The number of aliphatic hydroxyl groups is 1. The number of carbonyl (C=O) groups excluding carboxylic acids is 1. The van der Waals surface area contributed by atoms with Crippen LogP contribution in [0, 0.1) is 17.0 Å². The minimum absolute atomic E-state index is 0.0364. The van der Waals surface area contributed by atoms with Crippen molar-refractivity contribution in [3.63, 3.8) is 0 Å². The number of aliphatic hydroxyl groups excluding tert-OH is 1. The molecule has 12 heteroatoms. The molecule has 1 saturated heterocycles. The maximum Gasteiger partial charge on any atom is 0.243 e. The van der Waals surface area contributed by atoms with Gasteiger partial charge in [0.15, 0.2) is 5.82 Å². The molecule has 1 aliphatic rings. The van der Waals surface area contributed by atoms with E-state index in [1.165, 1.54) is 30.3 Å². The Hall–Kier alpha value is -2.60. The summed E-state index contributed by atoms with van der Waals surface area (Å²) in [5.74, 6) is -2.69. The number of nitrogens with one attached hydrogen (secondary N) is 2. The number of amides is 1. The van der Waals surface area contributed by atoms with Gasteiger partial charge in [0, 0.05) is 48.0 Å². The van der Waals surface area contributed by atoms with Gasteiger partial charge in [-0.2, -0.15) is 5.10 Å². The first kappa shape index (κ1) is 34.3. The van der Waals surface area contributed by atoms with Crippen molar-refractivity contribution >= 4 is 34.9 Å². The molecular weight excluding hydrogens is 611 g/mol. The van der Waals surface area contributed by atoms with E-state index in [0.717, 1.165) is 0 Å². The minimum atomic E-state index is -1.58. The predicted molar refractivity (Wildman–Crippen MR) is 169 cm³/mol. The van der Waals surface area contributed by atoms with E-state index in [2.05, 4.69) is 15.7 Å². The maximum atomic E-state index is 15.8. The fourth-order valence-corrected chi connectivity index (χ4v) is 6.31. The van der Waals surface area contributed by atoms with Crippen molar-refractivity contribution in [2.75, 3.05) is 18.5 Å². The van der Waals surface area contributed by atoms with Crippen LogP contribution in [0.25, 0.3) is 0 Å². The molecule has 0 bridgehead atoms. The number of ether oxygens (including phenoxy) is 1. The van der Waals surface area contributed by atoms with E-state index in [0.29, 0.717) is 26.0 Å². The third kappa shape index (κ3) is 7.61. The smallest absolute Gasteiger partial charge is 0.243 e. The van der Waals surface area contributed by atoms with Crippen molar-refractivity contribution in [3.05, 3.63) is 81.5 Å². The minimum Gasteiger partial charge on any atom is -0.396 e. The van der Waals surface area contributed by atoms with Crippen LogP contribution in [0.2, 0.25) is 10.0 Å². The highest BCUT2D eigenvalue weighted by Gasteiger charge is 2.58. The topological polar surface area (TPSA) is 114 Å². The summed E-state index contributed by atoms with van der Waals surface area (Å²) in [6.07, 6.45) is 2.67. The summed E-state index contributed by atoms with van der Waals surface area (Å²) < 4.78 is 38.9. The summed E-state index contributed by atoms with van der Waals surface area (Å²) >= 11 is 12.3. The number of benzene rings is 2. The number of hydrogen-bond donors (Lipinski definition) is 4. The Balaban J connectivity index is 1.73. The van der Waals surface area contributed by atoms with Crippen LogP contribution >= 0.6 is 23.2 Å². The molecule has 240 valence electrons. The summed E-state index contributed by atoms with van der Waals surface area (Å²) in [5, 5.41) is 19.8. The molecule has 5 N–H and O–H groups in total. The normalized spacial score (nSPS) is 22.4. The first-order valence-electron chi connectivity index (χ1n) is 14.6. The molecule has 1 amide bonds.